The molecule has 0 saturated heterocycles. The van der Waals surface area contributed by atoms with Gasteiger partial charge in [-0.05, 0) is 43.4 Å². The molecule has 0 aliphatic carbocycles. The Bertz CT molecular complexity index is 691. The van der Waals surface area contributed by atoms with Crippen LogP contribution in [-0.4, -0.2) is 12.0 Å². The van der Waals surface area contributed by atoms with Gasteiger partial charge in [-0.3, -0.25) is 4.79 Å². The van der Waals surface area contributed by atoms with Crippen molar-refractivity contribution in [1.82, 2.24) is 5.32 Å². The second-order valence-corrected chi connectivity index (χ2v) is 6.83. The van der Waals surface area contributed by atoms with Crippen LogP contribution in [-0.2, 0) is 4.79 Å². The number of ether oxygens (including phenoxy) is 1. The molecule has 2 atom stereocenters. The summed E-state index contributed by atoms with van der Waals surface area (Å²) in [6, 6.07) is 16.2. The monoisotopic (exact) mass is 339 g/mol. The Morgan fingerprint density at radius 1 is 1.04 bits per heavy atom. The molecular formula is C22H29NO2. The van der Waals surface area contributed by atoms with Gasteiger partial charge in [-0.15, -0.1) is 0 Å². The van der Waals surface area contributed by atoms with Crippen LogP contribution in [0, 0.1) is 6.92 Å². The molecule has 0 aliphatic heterocycles. The smallest absolute Gasteiger partial charge is 0.261 e. The Kier molecular flexibility index (Phi) is 6.63. The van der Waals surface area contributed by atoms with Crippen molar-refractivity contribution in [3.8, 4) is 5.75 Å². The van der Waals surface area contributed by atoms with Crippen LogP contribution in [0.3, 0.4) is 0 Å². The van der Waals surface area contributed by atoms with Gasteiger partial charge in [0.25, 0.3) is 5.91 Å². The molecule has 2 rings (SSSR count). The van der Waals surface area contributed by atoms with Crippen LogP contribution in [0.25, 0.3) is 0 Å². The molecule has 134 valence electrons. The minimum Gasteiger partial charge on any atom is -0.481 e. The first-order chi connectivity index (χ1) is 11.9. The highest BCUT2D eigenvalue weighted by atomic mass is 16.5. The largest absolute Gasteiger partial charge is 0.481 e. The molecule has 2 aromatic carbocycles. The van der Waals surface area contributed by atoms with E-state index in [1.54, 1.807) is 6.92 Å². The lowest BCUT2D eigenvalue weighted by molar-refractivity contribution is -0.128. The van der Waals surface area contributed by atoms with Gasteiger partial charge < -0.3 is 10.1 Å². The van der Waals surface area contributed by atoms with E-state index in [0.29, 0.717) is 5.92 Å². The molecule has 3 heteroatoms. The van der Waals surface area contributed by atoms with Crippen LogP contribution in [0.4, 0.5) is 0 Å². The van der Waals surface area contributed by atoms with Crippen molar-refractivity contribution in [2.24, 2.45) is 0 Å². The van der Waals surface area contributed by atoms with Crippen LogP contribution in [0.15, 0.2) is 48.5 Å². The highest BCUT2D eigenvalue weighted by Gasteiger charge is 2.20. The van der Waals surface area contributed by atoms with Gasteiger partial charge in [-0.1, -0.05) is 68.8 Å². The highest BCUT2D eigenvalue weighted by Crippen LogP contribution is 2.27. The number of hydrogen-bond donors (Lipinski definition) is 1. The van der Waals surface area contributed by atoms with E-state index in [2.05, 4.69) is 57.3 Å². The molecule has 0 fully saturated rings. The molecule has 0 unspecified atom stereocenters. The number of carbonyl (C=O) groups is 1. The summed E-state index contributed by atoms with van der Waals surface area (Å²) in [4.78, 5) is 12.6. The third-order valence-corrected chi connectivity index (χ3v) is 4.42. The second-order valence-electron chi connectivity index (χ2n) is 6.83. The Balaban J connectivity index is 2.05. The molecule has 0 spiro atoms. The Hall–Kier alpha value is -2.29. The van der Waals surface area contributed by atoms with Crippen molar-refractivity contribution < 1.29 is 9.53 Å². The highest BCUT2D eigenvalue weighted by molar-refractivity contribution is 5.81. The minimum atomic E-state index is -0.542. The predicted molar refractivity (Wildman–Crippen MR) is 103 cm³/mol. The third-order valence-electron chi connectivity index (χ3n) is 4.42. The van der Waals surface area contributed by atoms with E-state index in [1.807, 2.05) is 24.3 Å². The van der Waals surface area contributed by atoms with Crippen LogP contribution in [0.1, 0.15) is 62.8 Å². The van der Waals surface area contributed by atoms with Gasteiger partial charge >= 0.3 is 0 Å². The lowest BCUT2D eigenvalue weighted by Gasteiger charge is -2.22. The molecule has 2 aromatic rings. The molecule has 0 heterocycles. The number of benzene rings is 2. The van der Waals surface area contributed by atoms with Crippen LogP contribution in [0.5, 0.6) is 5.75 Å². The number of aryl methyl sites for hydroxylation is 1. The van der Waals surface area contributed by atoms with E-state index < -0.39 is 6.10 Å². The van der Waals surface area contributed by atoms with Crippen molar-refractivity contribution in [3.05, 3.63) is 65.2 Å². The molecule has 25 heavy (non-hydrogen) atoms. The first kappa shape index (κ1) is 19.0. The van der Waals surface area contributed by atoms with E-state index in [-0.39, 0.29) is 11.9 Å². The van der Waals surface area contributed by atoms with Gasteiger partial charge in [0, 0.05) is 0 Å². The average molecular weight is 339 g/mol. The quantitative estimate of drug-likeness (QED) is 0.757. The van der Waals surface area contributed by atoms with Gasteiger partial charge in [0.1, 0.15) is 5.75 Å². The fourth-order valence-electron chi connectivity index (χ4n) is 2.82. The lowest BCUT2D eigenvalue weighted by atomic mass is 10.0. The maximum Gasteiger partial charge on any atom is 0.261 e. The van der Waals surface area contributed by atoms with Crippen LogP contribution < -0.4 is 10.1 Å². The minimum absolute atomic E-state index is 0.000470. The van der Waals surface area contributed by atoms with E-state index in [0.717, 1.165) is 23.3 Å². The molecule has 1 amide bonds. The zero-order valence-electron chi connectivity index (χ0n) is 15.9. The van der Waals surface area contributed by atoms with E-state index in [9.17, 15) is 4.79 Å². The van der Waals surface area contributed by atoms with Gasteiger partial charge in [0.05, 0.1) is 6.04 Å². The summed E-state index contributed by atoms with van der Waals surface area (Å²) in [7, 11) is 0. The second kappa shape index (κ2) is 8.70. The first-order valence-corrected chi connectivity index (χ1v) is 9.04. The summed E-state index contributed by atoms with van der Waals surface area (Å²) >= 11 is 0. The average Bonchev–Trinajstić information content (AvgIpc) is 2.60. The van der Waals surface area contributed by atoms with Gasteiger partial charge in [-0.2, -0.15) is 0 Å². The lowest BCUT2D eigenvalue weighted by Crippen LogP contribution is -2.38. The third kappa shape index (κ3) is 5.09. The van der Waals surface area contributed by atoms with E-state index >= 15 is 0 Å². The SMILES string of the molecule is CC[C@@H](NC(=O)[C@@H](C)Oc1ccccc1C(C)C)c1ccc(C)cc1. The Labute approximate surface area is 151 Å². The summed E-state index contributed by atoms with van der Waals surface area (Å²) in [5.41, 5.74) is 3.45. The molecule has 0 bridgehead atoms. The maximum atomic E-state index is 12.6. The number of nitrogens with one attached hydrogen (secondary N) is 1. The van der Waals surface area contributed by atoms with E-state index in [4.69, 9.17) is 4.74 Å². The Morgan fingerprint density at radius 2 is 1.68 bits per heavy atom. The maximum absolute atomic E-state index is 12.6. The van der Waals surface area contributed by atoms with Crippen LogP contribution in [0.2, 0.25) is 0 Å². The number of hydrogen-bond acceptors (Lipinski definition) is 2. The molecular weight excluding hydrogens is 310 g/mol. The summed E-state index contributed by atoms with van der Waals surface area (Å²) < 4.78 is 5.96. The number of carbonyl (C=O) groups excluding carboxylic acids is 1. The molecule has 3 nitrogen and oxygen atoms in total. The molecule has 0 aromatic heterocycles. The van der Waals surface area contributed by atoms with Gasteiger partial charge in [0.2, 0.25) is 0 Å². The topological polar surface area (TPSA) is 38.3 Å². The van der Waals surface area contributed by atoms with Crippen molar-refractivity contribution in [2.75, 3.05) is 0 Å². The van der Waals surface area contributed by atoms with Crippen molar-refractivity contribution in [1.29, 1.82) is 0 Å². The van der Waals surface area contributed by atoms with E-state index in [1.165, 1.54) is 5.56 Å². The fraction of sp³-hybridized carbons (Fsp3) is 0.409. The first-order valence-electron chi connectivity index (χ1n) is 9.04. The Morgan fingerprint density at radius 3 is 2.28 bits per heavy atom. The molecule has 0 saturated carbocycles. The summed E-state index contributed by atoms with van der Waals surface area (Å²) in [6.07, 6.45) is 0.295. The predicted octanol–water partition coefficient (Wildman–Crippen LogP) is 5.15. The molecule has 0 radical (unpaired) electrons. The van der Waals surface area contributed by atoms with Crippen molar-refractivity contribution >= 4 is 5.91 Å². The van der Waals surface area contributed by atoms with Crippen LogP contribution >= 0.6 is 0 Å². The summed E-state index contributed by atoms with van der Waals surface area (Å²) in [6.45, 7) is 10.2. The van der Waals surface area contributed by atoms with Gasteiger partial charge in [0.15, 0.2) is 6.10 Å². The fourth-order valence-corrected chi connectivity index (χ4v) is 2.82. The van der Waals surface area contributed by atoms with Crippen molar-refractivity contribution in [3.63, 3.8) is 0 Å². The standard InChI is InChI=1S/C22H29NO2/c1-6-20(18-13-11-16(4)12-14-18)23-22(24)17(5)25-21-10-8-7-9-19(21)15(2)3/h7-15,17,20H,6H2,1-5H3,(H,23,24)/t17-,20-/m1/s1. The zero-order valence-corrected chi connectivity index (χ0v) is 15.9. The number of amides is 1. The normalized spacial score (nSPS) is 13.4. The molecule has 1 N–H and O–H groups in total. The number of rotatable bonds is 7. The van der Waals surface area contributed by atoms with Crippen molar-refractivity contribution in [2.45, 2.75) is 59.1 Å². The summed E-state index contributed by atoms with van der Waals surface area (Å²) in [5.74, 6) is 1.04. The van der Waals surface area contributed by atoms with Gasteiger partial charge in [-0.25, -0.2) is 0 Å². The molecule has 0 aliphatic rings. The number of para-hydroxylation sites is 1. The zero-order chi connectivity index (χ0) is 18.4. The summed E-state index contributed by atoms with van der Waals surface area (Å²) in [5, 5.41) is 3.11.